The van der Waals surface area contributed by atoms with Gasteiger partial charge in [0.2, 0.25) is 0 Å². The quantitative estimate of drug-likeness (QED) is 0.463. The number of anilines is 3. The Balaban J connectivity index is 1.77. The van der Waals surface area contributed by atoms with Crippen molar-refractivity contribution in [2.75, 3.05) is 29.2 Å². The molecule has 0 bridgehead atoms. The summed E-state index contributed by atoms with van der Waals surface area (Å²) in [5.41, 5.74) is 7.13. The molecule has 0 spiro atoms. The summed E-state index contributed by atoms with van der Waals surface area (Å²) < 4.78 is 0. The first-order chi connectivity index (χ1) is 16.5. The Kier molecular flexibility index (Phi) is 6.28. The summed E-state index contributed by atoms with van der Waals surface area (Å²) >= 11 is 0. The van der Waals surface area contributed by atoms with Crippen molar-refractivity contribution < 1.29 is 9.59 Å². The third kappa shape index (κ3) is 4.72. The lowest BCUT2D eigenvalue weighted by molar-refractivity contribution is -0.120. The SMILES string of the molecule is Cc1ccc(C2=C(Nc3ccc(C(C)(C)C)cc3)C(=O)N(c3ccc(N(C)C)cc3)C2=O)cc1C. The highest BCUT2D eigenvalue weighted by atomic mass is 16.2. The lowest BCUT2D eigenvalue weighted by Gasteiger charge is -2.19. The number of nitrogens with zero attached hydrogens (tertiary/aromatic N) is 2. The second-order valence-electron chi connectivity index (χ2n) is 10.4. The van der Waals surface area contributed by atoms with Crippen LogP contribution in [0.25, 0.3) is 5.57 Å². The number of imide groups is 1. The molecule has 5 heteroatoms. The first-order valence-corrected chi connectivity index (χ1v) is 11.8. The number of benzene rings is 3. The van der Waals surface area contributed by atoms with E-state index in [1.165, 1.54) is 10.5 Å². The first kappa shape index (κ1) is 24.3. The lowest BCUT2D eigenvalue weighted by atomic mass is 9.87. The maximum Gasteiger partial charge on any atom is 0.282 e. The van der Waals surface area contributed by atoms with E-state index in [0.29, 0.717) is 17.0 Å². The highest BCUT2D eigenvalue weighted by Gasteiger charge is 2.40. The molecule has 3 aromatic carbocycles. The number of hydrogen-bond donors (Lipinski definition) is 1. The topological polar surface area (TPSA) is 52.7 Å². The minimum atomic E-state index is -0.360. The van der Waals surface area contributed by atoms with Crippen LogP contribution in [0.1, 0.15) is 43.0 Å². The van der Waals surface area contributed by atoms with Crippen LogP contribution < -0.4 is 15.1 Å². The molecule has 0 radical (unpaired) electrons. The molecule has 0 unspecified atom stereocenters. The zero-order valence-electron chi connectivity index (χ0n) is 21.6. The Morgan fingerprint density at radius 1 is 0.771 bits per heavy atom. The van der Waals surface area contributed by atoms with E-state index >= 15 is 0 Å². The Bertz CT molecular complexity index is 1310. The Morgan fingerprint density at radius 3 is 1.94 bits per heavy atom. The highest BCUT2D eigenvalue weighted by Crippen LogP contribution is 2.35. The average Bonchev–Trinajstić information content (AvgIpc) is 3.05. The van der Waals surface area contributed by atoms with Gasteiger partial charge in [-0.3, -0.25) is 9.59 Å². The van der Waals surface area contributed by atoms with E-state index < -0.39 is 0 Å². The molecule has 0 saturated carbocycles. The molecule has 4 rings (SSSR count). The van der Waals surface area contributed by atoms with Crippen molar-refractivity contribution >= 4 is 34.4 Å². The average molecular weight is 468 g/mol. The van der Waals surface area contributed by atoms with E-state index in [-0.39, 0.29) is 17.2 Å². The van der Waals surface area contributed by atoms with E-state index in [4.69, 9.17) is 0 Å². The summed E-state index contributed by atoms with van der Waals surface area (Å²) in [4.78, 5) is 30.6. The first-order valence-electron chi connectivity index (χ1n) is 11.8. The molecule has 1 aliphatic heterocycles. The van der Waals surface area contributed by atoms with Crippen LogP contribution in [0, 0.1) is 13.8 Å². The Morgan fingerprint density at radius 2 is 1.40 bits per heavy atom. The van der Waals surface area contributed by atoms with Gasteiger partial charge in [0.1, 0.15) is 5.70 Å². The molecule has 180 valence electrons. The zero-order valence-corrected chi connectivity index (χ0v) is 21.6. The molecule has 1 heterocycles. The van der Waals surface area contributed by atoms with Gasteiger partial charge in [-0.05, 0) is 77.9 Å². The number of amides is 2. The van der Waals surface area contributed by atoms with Gasteiger partial charge in [-0.15, -0.1) is 0 Å². The molecule has 35 heavy (non-hydrogen) atoms. The fourth-order valence-corrected chi connectivity index (χ4v) is 4.14. The van der Waals surface area contributed by atoms with E-state index in [1.54, 1.807) is 0 Å². The largest absolute Gasteiger partial charge is 0.378 e. The van der Waals surface area contributed by atoms with Crippen LogP contribution >= 0.6 is 0 Å². The van der Waals surface area contributed by atoms with Gasteiger partial charge in [-0.2, -0.15) is 0 Å². The molecule has 2 amide bonds. The van der Waals surface area contributed by atoms with Crippen LogP contribution in [0.4, 0.5) is 17.1 Å². The monoisotopic (exact) mass is 467 g/mol. The van der Waals surface area contributed by atoms with Crippen molar-refractivity contribution in [3.05, 3.63) is 94.7 Å². The predicted octanol–water partition coefficient (Wildman–Crippen LogP) is 6.06. The fourth-order valence-electron chi connectivity index (χ4n) is 4.14. The minimum absolute atomic E-state index is 0.0248. The molecule has 0 atom stereocenters. The van der Waals surface area contributed by atoms with E-state index in [0.717, 1.165) is 28.1 Å². The van der Waals surface area contributed by atoms with Gasteiger partial charge in [-0.25, -0.2) is 4.90 Å². The number of carbonyl (C=O) groups is 2. The molecule has 1 aliphatic rings. The summed E-state index contributed by atoms with van der Waals surface area (Å²) in [6.45, 7) is 10.5. The smallest absolute Gasteiger partial charge is 0.282 e. The van der Waals surface area contributed by atoms with Gasteiger partial charge < -0.3 is 10.2 Å². The summed E-state index contributed by atoms with van der Waals surface area (Å²) in [5, 5.41) is 3.27. The summed E-state index contributed by atoms with van der Waals surface area (Å²) in [5.74, 6) is -0.689. The lowest BCUT2D eigenvalue weighted by Crippen LogP contribution is -2.32. The normalized spacial score (nSPS) is 14.1. The molecule has 5 nitrogen and oxygen atoms in total. The molecule has 0 fully saturated rings. The number of aryl methyl sites for hydroxylation is 2. The molecule has 3 aromatic rings. The van der Waals surface area contributed by atoms with E-state index in [1.807, 2.05) is 87.4 Å². The summed E-state index contributed by atoms with van der Waals surface area (Å²) in [7, 11) is 3.90. The third-order valence-corrected chi connectivity index (χ3v) is 6.52. The van der Waals surface area contributed by atoms with Gasteiger partial charge in [0, 0.05) is 25.5 Å². The minimum Gasteiger partial charge on any atom is -0.378 e. The predicted molar refractivity (Wildman–Crippen MR) is 145 cm³/mol. The van der Waals surface area contributed by atoms with Crippen LogP contribution in [-0.4, -0.2) is 25.9 Å². The molecular weight excluding hydrogens is 434 g/mol. The van der Waals surface area contributed by atoms with Crippen molar-refractivity contribution in [3.8, 4) is 0 Å². The molecule has 0 saturated heterocycles. The van der Waals surface area contributed by atoms with E-state index in [9.17, 15) is 9.59 Å². The molecular formula is C30H33N3O2. The molecule has 1 N–H and O–H groups in total. The van der Waals surface area contributed by atoms with Gasteiger partial charge in [0.25, 0.3) is 11.8 Å². The number of hydrogen-bond acceptors (Lipinski definition) is 4. The van der Waals surface area contributed by atoms with Crippen LogP contribution in [0.2, 0.25) is 0 Å². The van der Waals surface area contributed by atoms with Crippen LogP contribution in [0.15, 0.2) is 72.4 Å². The molecule has 0 aromatic heterocycles. The Hall–Kier alpha value is -3.86. The second-order valence-corrected chi connectivity index (χ2v) is 10.4. The third-order valence-electron chi connectivity index (χ3n) is 6.52. The van der Waals surface area contributed by atoms with Gasteiger partial charge in [0.15, 0.2) is 0 Å². The summed E-state index contributed by atoms with van der Waals surface area (Å²) in [6.07, 6.45) is 0. The van der Waals surface area contributed by atoms with Gasteiger partial charge in [0.05, 0.1) is 11.3 Å². The number of nitrogens with one attached hydrogen (secondary N) is 1. The van der Waals surface area contributed by atoms with Gasteiger partial charge in [-0.1, -0.05) is 51.1 Å². The van der Waals surface area contributed by atoms with Crippen molar-refractivity contribution in [3.63, 3.8) is 0 Å². The van der Waals surface area contributed by atoms with E-state index in [2.05, 4.69) is 38.2 Å². The number of rotatable bonds is 5. The maximum absolute atomic E-state index is 13.7. The zero-order chi connectivity index (χ0) is 25.5. The standard InChI is InChI=1S/C30H33N3O2/c1-19-8-9-21(18-20(19)2)26-27(31-23-12-10-22(11-13-23)30(3,4)5)29(35)33(28(26)34)25-16-14-24(15-17-25)32(6)7/h8-18,31H,1-7H3. The highest BCUT2D eigenvalue weighted by molar-refractivity contribution is 6.46. The molecule has 0 aliphatic carbocycles. The van der Waals surface area contributed by atoms with Crippen molar-refractivity contribution in [1.29, 1.82) is 0 Å². The van der Waals surface area contributed by atoms with Crippen molar-refractivity contribution in [1.82, 2.24) is 0 Å². The second kappa shape index (κ2) is 9.06. The van der Waals surface area contributed by atoms with Crippen LogP contribution in [-0.2, 0) is 15.0 Å². The van der Waals surface area contributed by atoms with Crippen LogP contribution in [0.5, 0.6) is 0 Å². The van der Waals surface area contributed by atoms with Crippen LogP contribution in [0.3, 0.4) is 0 Å². The fraction of sp³-hybridized carbons (Fsp3) is 0.267. The van der Waals surface area contributed by atoms with Gasteiger partial charge >= 0.3 is 0 Å². The maximum atomic E-state index is 13.7. The number of carbonyl (C=O) groups excluding carboxylic acids is 2. The van der Waals surface area contributed by atoms with Crippen molar-refractivity contribution in [2.45, 2.75) is 40.0 Å². The van der Waals surface area contributed by atoms with Crippen molar-refractivity contribution in [2.24, 2.45) is 0 Å². The summed E-state index contributed by atoms with van der Waals surface area (Å²) in [6, 6.07) is 21.3. The Labute approximate surface area is 208 Å².